The number of amides is 1. The molecule has 122 valence electrons. The maximum atomic E-state index is 13.3. The van der Waals surface area contributed by atoms with Crippen LogP contribution in [0.1, 0.15) is 17.0 Å². The van der Waals surface area contributed by atoms with E-state index in [1.54, 1.807) is 0 Å². The van der Waals surface area contributed by atoms with Gasteiger partial charge in [-0.1, -0.05) is 42.5 Å². The summed E-state index contributed by atoms with van der Waals surface area (Å²) in [5.41, 5.74) is 4.18. The van der Waals surface area contributed by atoms with E-state index < -0.39 is 23.6 Å². The third kappa shape index (κ3) is 3.11. The van der Waals surface area contributed by atoms with Gasteiger partial charge in [-0.25, -0.2) is 9.82 Å². The maximum Gasteiger partial charge on any atom is 0.250 e. The average molecular weight is 332 g/mol. The Bertz CT molecular complexity index is 880. The highest BCUT2D eigenvalue weighted by atomic mass is 19.1. The third-order valence-corrected chi connectivity index (χ3v) is 4.18. The molecule has 0 unspecified atom stereocenters. The van der Waals surface area contributed by atoms with Crippen LogP contribution in [0, 0.1) is 40.3 Å². The SMILES string of the molecule is N#CC(C#N)[C@H](c1ccc(F)cc1)[C@@H]1C(=O)NN=C1c1ccccc1. The van der Waals surface area contributed by atoms with E-state index >= 15 is 0 Å². The first-order valence-electron chi connectivity index (χ1n) is 7.63. The van der Waals surface area contributed by atoms with Gasteiger partial charge < -0.3 is 0 Å². The standard InChI is InChI=1S/C19H13FN4O/c20-15-8-6-12(7-9-15)16(14(10-21)11-22)17-18(23-24-19(17)25)13-4-2-1-3-5-13/h1-9,14,16-17H,(H,24,25)/t16-,17-/m0/s1. The van der Waals surface area contributed by atoms with Gasteiger partial charge in [-0.3, -0.25) is 4.79 Å². The molecule has 2 aromatic carbocycles. The molecule has 0 spiro atoms. The molecule has 6 heteroatoms. The zero-order valence-electron chi connectivity index (χ0n) is 13.1. The fourth-order valence-electron chi connectivity index (χ4n) is 3.02. The zero-order chi connectivity index (χ0) is 17.8. The minimum atomic E-state index is -1.08. The van der Waals surface area contributed by atoms with Crippen molar-refractivity contribution in [3.63, 3.8) is 0 Å². The lowest BCUT2D eigenvalue weighted by atomic mass is 9.74. The summed E-state index contributed by atoms with van der Waals surface area (Å²) in [5.74, 6) is -3.45. The molecule has 1 aliphatic heterocycles. The first kappa shape index (κ1) is 16.4. The second-order valence-electron chi connectivity index (χ2n) is 5.63. The van der Waals surface area contributed by atoms with Crippen LogP contribution in [-0.4, -0.2) is 11.6 Å². The summed E-state index contributed by atoms with van der Waals surface area (Å²) in [4.78, 5) is 12.5. The van der Waals surface area contributed by atoms with Gasteiger partial charge in [0, 0.05) is 5.92 Å². The van der Waals surface area contributed by atoms with E-state index in [1.807, 2.05) is 42.5 Å². The van der Waals surface area contributed by atoms with Crippen molar-refractivity contribution in [1.29, 1.82) is 10.5 Å². The fourth-order valence-corrected chi connectivity index (χ4v) is 3.02. The van der Waals surface area contributed by atoms with Gasteiger partial charge in [0.2, 0.25) is 5.91 Å². The second-order valence-corrected chi connectivity index (χ2v) is 5.63. The molecule has 0 saturated carbocycles. The molecule has 3 rings (SSSR count). The van der Waals surface area contributed by atoms with E-state index in [4.69, 9.17) is 0 Å². The number of rotatable bonds is 4. The van der Waals surface area contributed by atoms with Crippen LogP contribution in [0.2, 0.25) is 0 Å². The number of hydrogen-bond acceptors (Lipinski definition) is 4. The van der Waals surface area contributed by atoms with Crippen LogP contribution < -0.4 is 5.43 Å². The minimum Gasteiger partial charge on any atom is -0.272 e. The Morgan fingerprint density at radius 1 is 1.04 bits per heavy atom. The van der Waals surface area contributed by atoms with E-state index in [2.05, 4.69) is 10.5 Å². The molecular weight excluding hydrogens is 319 g/mol. The molecule has 0 saturated heterocycles. The van der Waals surface area contributed by atoms with Crippen LogP contribution in [0.4, 0.5) is 4.39 Å². The van der Waals surface area contributed by atoms with Gasteiger partial charge in [0.15, 0.2) is 0 Å². The number of halogens is 1. The summed E-state index contributed by atoms with van der Waals surface area (Å²) < 4.78 is 13.3. The average Bonchev–Trinajstić information content (AvgIpc) is 3.02. The molecule has 1 aliphatic rings. The summed E-state index contributed by atoms with van der Waals surface area (Å²) in [5, 5.41) is 22.9. The van der Waals surface area contributed by atoms with Crippen molar-refractivity contribution >= 4 is 11.6 Å². The number of hydrogen-bond donors (Lipinski definition) is 1. The Morgan fingerprint density at radius 3 is 2.28 bits per heavy atom. The Morgan fingerprint density at radius 2 is 1.68 bits per heavy atom. The van der Waals surface area contributed by atoms with Crippen molar-refractivity contribution in [1.82, 2.24) is 5.43 Å². The fraction of sp³-hybridized carbons (Fsp3) is 0.158. The number of hydrazone groups is 1. The van der Waals surface area contributed by atoms with Crippen LogP contribution in [0.5, 0.6) is 0 Å². The molecule has 0 fully saturated rings. The van der Waals surface area contributed by atoms with Crippen LogP contribution >= 0.6 is 0 Å². The molecule has 1 N–H and O–H groups in total. The topological polar surface area (TPSA) is 89.0 Å². The highest BCUT2D eigenvalue weighted by Gasteiger charge is 2.42. The lowest BCUT2D eigenvalue weighted by molar-refractivity contribution is -0.122. The lowest BCUT2D eigenvalue weighted by Gasteiger charge is -2.24. The Balaban J connectivity index is 2.10. The van der Waals surface area contributed by atoms with E-state index in [0.29, 0.717) is 11.3 Å². The van der Waals surface area contributed by atoms with E-state index in [9.17, 15) is 19.7 Å². The van der Waals surface area contributed by atoms with E-state index in [1.165, 1.54) is 24.3 Å². The summed E-state index contributed by atoms with van der Waals surface area (Å²) in [7, 11) is 0. The van der Waals surface area contributed by atoms with Gasteiger partial charge in [-0.15, -0.1) is 0 Å². The third-order valence-electron chi connectivity index (χ3n) is 4.18. The van der Waals surface area contributed by atoms with E-state index in [0.717, 1.165) is 5.56 Å². The first-order valence-corrected chi connectivity index (χ1v) is 7.63. The van der Waals surface area contributed by atoms with Gasteiger partial charge in [-0.05, 0) is 23.3 Å². The smallest absolute Gasteiger partial charge is 0.250 e. The van der Waals surface area contributed by atoms with Crippen molar-refractivity contribution in [3.05, 3.63) is 71.5 Å². The molecule has 2 atom stereocenters. The Hall–Kier alpha value is -3.51. The molecular formula is C19H13FN4O. The number of nitriles is 2. The zero-order valence-corrected chi connectivity index (χ0v) is 13.1. The molecule has 25 heavy (non-hydrogen) atoms. The van der Waals surface area contributed by atoms with Gasteiger partial charge in [0.05, 0.1) is 23.8 Å². The van der Waals surface area contributed by atoms with Crippen molar-refractivity contribution in [2.45, 2.75) is 5.92 Å². The highest BCUT2D eigenvalue weighted by Crippen LogP contribution is 2.36. The minimum absolute atomic E-state index is 0.385. The van der Waals surface area contributed by atoms with Crippen molar-refractivity contribution in [2.75, 3.05) is 0 Å². The molecule has 0 bridgehead atoms. The summed E-state index contributed by atoms with van der Waals surface area (Å²) >= 11 is 0. The van der Waals surface area contributed by atoms with Crippen LogP contribution in [0.25, 0.3) is 0 Å². The Labute approximate surface area is 144 Å². The summed E-state index contributed by atoms with van der Waals surface area (Å²) in [6.07, 6.45) is 0. The molecule has 5 nitrogen and oxygen atoms in total. The predicted octanol–water partition coefficient (Wildman–Crippen LogP) is 2.72. The van der Waals surface area contributed by atoms with Crippen molar-refractivity contribution < 1.29 is 9.18 Å². The summed E-state index contributed by atoms with van der Waals surface area (Å²) in [6, 6.07) is 18.5. The molecule has 0 aliphatic carbocycles. The van der Waals surface area contributed by atoms with Crippen molar-refractivity contribution in [3.8, 4) is 12.1 Å². The Kier molecular flexibility index (Phi) is 4.54. The normalized spacial score (nSPS) is 17.4. The number of nitrogens with one attached hydrogen (secondary N) is 1. The quantitative estimate of drug-likeness (QED) is 0.933. The highest BCUT2D eigenvalue weighted by molar-refractivity contribution is 6.16. The largest absolute Gasteiger partial charge is 0.272 e. The number of benzene rings is 2. The monoisotopic (exact) mass is 332 g/mol. The second kappa shape index (κ2) is 6.94. The number of carbonyl (C=O) groups is 1. The molecule has 1 heterocycles. The van der Waals surface area contributed by atoms with Gasteiger partial charge in [0.1, 0.15) is 11.7 Å². The van der Waals surface area contributed by atoms with Crippen LogP contribution in [0.15, 0.2) is 59.7 Å². The first-order chi connectivity index (χ1) is 12.2. The van der Waals surface area contributed by atoms with Crippen LogP contribution in [-0.2, 0) is 4.79 Å². The van der Waals surface area contributed by atoms with E-state index in [-0.39, 0.29) is 5.91 Å². The summed E-state index contributed by atoms with van der Waals surface area (Å²) in [6.45, 7) is 0. The predicted molar refractivity (Wildman–Crippen MR) is 88.5 cm³/mol. The molecule has 1 amide bonds. The van der Waals surface area contributed by atoms with Gasteiger partial charge in [-0.2, -0.15) is 15.6 Å². The molecule has 0 radical (unpaired) electrons. The van der Waals surface area contributed by atoms with Crippen molar-refractivity contribution in [2.24, 2.45) is 16.9 Å². The van der Waals surface area contributed by atoms with Gasteiger partial charge >= 0.3 is 0 Å². The van der Waals surface area contributed by atoms with Crippen LogP contribution in [0.3, 0.4) is 0 Å². The molecule has 2 aromatic rings. The maximum absolute atomic E-state index is 13.3. The number of nitrogens with zero attached hydrogens (tertiary/aromatic N) is 3. The number of carbonyl (C=O) groups excluding carboxylic acids is 1. The van der Waals surface area contributed by atoms with Gasteiger partial charge in [0.25, 0.3) is 0 Å². The lowest BCUT2D eigenvalue weighted by Crippen LogP contribution is -2.33. The molecule has 0 aromatic heterocycles.